The Morgan fingerprint density at radius 2 is 1.56 bits per heavy atom. The van der Waals surface area contributed by atoms with Crippen molar-refractivity contribution in [2.75, 3.05) is 31.5 Å². The highest BCUT2D eigenvalue weighted by Crippen LogP contribution is 2.27. The summed E-state index contributed by atoms with van der Waals surface area (Å²) in [6.45, 7) is 7.53. The summed E-state index contributed by atoms with van der Waals surface area (Å²) in [6, 6.07) is 18.9. The lowest BCUT2D eigenvalue weighted by Crippen LogP contribution is -2.54. The molecular formula is C32H40Cl2N4O4S. The first-order chi connectivity index (χ1) is 20.2. The van der Waals surface area contributed by atoms with Gasteiger partial charge in [-0.05, 0) is 60.2 Å². The summed E-state index contributed by atoms with van der Waals surface area (Å²) in [4.78, 5) is 29.6. The molecular weight excluding hydrogens is 607 g/mol. The van der Waals surface area contributed by atoms with E-state index in [2.05, 4.69) is 5.32 Å². The number of carbonyl (C=O) groups is 2. The first kappa shape index (κ1) is 34.4. The van der Waals surface area contributed by atoms with Crippen LogP contribution in [0, 0.1) is 19.8 Å². The van der Waals surface area contributed by atoms with Crippen molar-refractivity contribution in [3.8, 4) is 0 Å². The van der Waals surface area contributed by atoms with E-state index in [9.17, 15) is 18.0 Å². The molecule has 0 radical (unpaired) electrons. The van der Waals surface area contributed by atoms with Gasteiger partial charge in [-0.1, -0.05) is 85.6 Å². The fourth-order valence-electron chi connectivity index (χ4n) is 4.50. The zero-order valence-corrected chi connectivity index (χ0v) is 27.8. The second-order valence-corrected chi connectivity index (χ2v) is 14.1. The monoisotopic (exact) mass is 646 g/mol. The number of benzene rings is 3. The van der Waals surface area contributed by atoms with Crippen molar-refractivity contribution in [1.82, 2.24) is 14.5 Å². The number of hydrogen-bond donors (Lipinski definition) is 1. The summed E-state index contributed by atoms with van der Waals surface area (Å²) >= 11 is 12.5. The van der Waals surface area contributed by atoms with Crippen LogP contribution in [0.4, 0.5) is 5.69 Å². The maximum Gasteiger partial charge on any atom is 0.304 e. The molecule has 0 fully saturated rings. The summed E-state index contributed by atoms with van der Waals surface area (Å²) in [5.74, 6) is -0.691. The van der Waals surface area contributed by atoms with Crippen LogP contribution in [0.15, 0.2) is 66.7 Å². The number of aryl methyl sites for hydroxylation is 2. The quantitative estimate of drug-likeness (QED) is 0.260. The van der Waals surface area contributed by atoms with E-state index in [1.165, 1.54) is 19.0 Å². The molecule has 2 amide bonds. The van der Waals surface area contributed by atoms with Crippen LogP contribution in [-0.4, -0.2) is 62.7 Å². The number of nitrogens with one attached hydrogen (secondary N) is 1. The van der Waals surface area contributed by atoms with Crippen molar-refractivity contribution in [2.45, 2.75) is 46.7 Å². The molecule has 0 heterocycles. The molecule has 11 heteroatoms. The summed E-state index contributed by atoms with van der Waals surface area (Å²) in [7, 11) is -1.25. The van der Waals surface area contributed by atoms with Crippen molar-refractivity contribution in [3.63, 3.8) is 0 Å². The molecule has 232 valence electrons. The standard InChI is InChI=1S/C32H40Cl2N4O4S/c1-22(2)19-35-32(40)30(18-25-10-8-7-9-11-25)37(20-26-14-15-27(33)28(34)17-26)31(39)21-38(43(41,42)36(5)6)29-16-23(3)12-13-24(29)4/h7-17,22,30H,18-21H2,1-6H3,(H,35,40)/t30-/m1/s1. The Kier molecular flexibility index (Phi) is 12.0. The maximum atomic E-state index is 14.4. The maximum absolute atomic E-state index is 14.4. The Hall–Kier alpha value is -3.11. The molecule has 0 unspecified atom stereocenters. The van der Waals surface area contributed by atoms with Gasteiger partial charge in [0.2, 0.25) is 11.8 Å². The summed E-state index contributed by atoms with van der Waals surface area (Å²) in [6.07, 6.45) is 0.224. The minimum Gasteiger partial charge on any atom is -0.354 e. The molecule has 0 bridgehead atoms. The van der Waals surface area contributed by atoms with Crippen molar-refractivity contribution in [2.24, 2.45) is 5.92 Å². The van der Waals surface area contributed by atoms with Gasteiger partial charge in [0.05, 0.1) is 15.7 Å². The van der Waals surface area contributed by atoms with Gasteiger partial charge in [-0.15, -0.1) is 0 Å². The highest BCUT2D eigenvalue weighted by molar-refractivity contribution is 7.90. The fourth-order valence-corrected chi connectivity index (χ4v) is 5.93. The van der Waals surface area contributed by atoms with Crippen LogP contribution in [0.25, 0.3) is 0 Å². The molecule has 1 atom stereocenters. The van der Waals surface area contributed by atoms with Crippen LogP contribution in [0.5, 0.6) is 0 Å². The third kappa shape index (κ3) is 9.19. The van der Waals surface area contributed by atoms with Crippen molar-refractivity contribution in [3.05, 3.63) is 99.0 Å². The normalized spacial score (nSPS) is 12.3. The van der Waals surface area contributed by atoms with E-state index in [0.717, 1.165) is 19.7 Å². The number of hydrogen-bond acceptors (Lipinski definition) is 4. The highest BCUT2D eigenvalue weighted by atomic mass is 35.5. The molecule has 0 aliphatic carbocycles. The highest BCUT2D eigenvalue weighted by Gasteiger charge is 2.35. The molecule has 43 heavy (non-hydrogen) atoms. The zero-order valence-electron chi connectivity index (χ0n) is 25.5. The molecule has 0 aliphatic rings. The van der Waals surface area contributed by atoms with E-state index >= 15 is 0 Å². The Morgan fingerprint density at radius 3 is 2.16 bits per heavy atom. The Balaban J connectivity index is 2.14. The summed E-state index contributed by atoms with van der Waals surface area (Å²) < 4.78 is 29.4. The Morgan fingerprint density at radius 1 is 0.884 bits per heavy atom. The van der Waals surface area contributed by atoms with E-state index < -0.39 is 28.7 Å². The molecule has 3 rings (SSSR count). The fraction of sp³-hybridized carbons (Fsp3) is 0.375. The van der Waals surface area contributed by atoms with Crippen molar-refractivity contribution >= 4 is 50.9 Å². The predicted molar refractivity (Wildman–Crippen MR) is 175 cm³/mol. The summed E-state index contributed by atoms with van der Waals surface area (Å²) in [5, 5.41) is 3.64. The second-order valence-electron chi connectivity index (χ2n) is 11.2. The van der Waals surface area contributed by atoms with E-state index in [1.807, 2.05) is 63.2 Å². The van der Waals surface area contributed by atoms with Gasteiger partial charge >= 0.3 is 10.2 Å². The van der Waals surface area contributed by atoms with E-state index in [0.29, 0.717) is 33.4 Å². The molecule has 3 aromatic rings. The smallest absolute Gasteiger partial charge is 0.304 e. The Bertz CT molecular complexity index is 1530. The Labute approximate surface area is 265 Å². The average Bonchev–Trinajstić information content (AvgIpc) is 2.95. The molecule has 0 saturated carbocycles. The van der Waals surface area contributed by atoms with E-state index in [4.69, 9.17) is 23.2 Å². The number of nitrogens with zero attached hydrogens (tertiary/aromatic N) is 3. The minimum absolute atomic E-state index is 0.00493. The number of amides is 2. The van der Waals surface area contributed by atoms with Gasteiger partial charge in [-0.2, -0.15) is 12.7 Å². The average molecular weight is 648 g/mol. The van der Waals surface area contributed by atoms with E-state index in [1.54, 1.807) is 31.2 Å². The first-order valence-electron chi connectivity index (χ1n) is 14.0. The number of halogens is 2. The van der Waals surface area contributed by atoms with Gasteiger partial charge in [0.1, 0.15) is 12.6 Å². The van der Waals surface area contributed by atoms with Gasteiger partial charge in [0, 0.05) is 33.6 Å². The van der Waals surface area contributed by atoms with Crippen LogP contribution >= 0.6 is 23.2 Å². The SMILES string of the molecule is Cc1ccc(C)c(N(CC(=O)N(Cc2ccc(Cl)c(Cl)c2)[C@H](Cc2ccccc2)C(=O)NCC(C)C)S(=O)(=O)N(C)C)c1. The van der Waals surface area contributed by atoms with Crippen LogP contribution < -0.4 is 9.62 Å². The lowest BCUT2D eigenvalue weighted by atomic mass is 10.0. The molecule has 0 aliphatic heterocycles. The molecule has 8 nitrogen and oxygen atoms in total. The number of anilines is 1. The lowest BCUT2D eigenvalue weighted by Gasteiger charge is -2.35. The van der Waals surface area contributed by atoms with Crippen LogP contribution in [0.2, 0.25) is 10.0 Å². The van der Waals surface area contributed by atoms with Gasteiger partial charge < -0.3 is 10.2 Å². The minimum atomic E-state index is -4.09. The van der Waals surface area contributed by atoms with Gasteiger partial charge in [0.15, 0.2) is 0 Å². The third-order valence-electron chi connectivity index (χ3n) is 6.94. The van der Waals surface area contributed by atoms with Crippen molar-refractivity contribution < 1.29 is 18.0 Å². The zero-order chi connectivity index (χ0) is 31.9. The molecule has 0 spiro atoms. The predicted octanol–water partition coefficient (Wildman–Crippen LogP) is 5.64. The van der Waals surface area contributed by atoms with Gasteiger partial charge in [-0.3, -0.25) is 9.59 Å². The topological polar surface area (TPSA) is 90.0 Å². The first-order valence-corrected chi connectivity index (χ1v) is 16.2. The van der Waals surface area contributed by atoms with Gasteiger partial charge in [-0.25, -0.2) is 4.31 Å². The molecule has 1 N–H and O–H groups in total. The van der Waals surface area contributed by atoms with Crippen LogP contribution in [-0.2, 0) is 32.8 Å². The summed E-state index contributed by atoms with van der Waals surface area (Å²) in [5.41, 5.74) is 3.42. The van der Waals surface area contributed by atoms with E-state index in [-0.39, 0.29) is 24.8 Å². The lowest BCUT2D eigenvalue weighted by molar-refractivity contribution is -0.140. The second kappa shape index (κ2) is 15.1. The van der Waals surface area contributed by atoms with Gasteiger partial charge in [0.25, 0.3) is 0 Å². The molecule has 0 saturated heterocycles. The number of carbonyl (C=O) groups excluding carboxylic acids is 2. The third-order valence-corrected chi connectivity index (χ3v) is 9.49. The number of rotatable bonds is 13. The van der Waals surface area contributed by atoms with Crippen molar-refractivity contribution in [1.29, 1.82) is 0 Å². The molecule has 3 aromatic carbocycles. The molecule has 0 aromatic heterocycles. The van der Waals surface area contributed by atoms with Crippen LogP contribution in [0.1, 0.15) is 36.1 Å². The van der Waals surface area contributed by atoms with Crippen LogP contribution in [0.3, 0.4) is 0 Å². The largest absolute Gasteiger partial charge is 0.354 e.